The zero-order valence-electron chi connectivity index (χ0n) is 8.91. The molecule has 0 saturated heterocycles. The molecule has 0 amide bonds. The van der Waals surface area contributed by atoms with Gasteiger partial charge in [-0.1, -0.05) is 28.9 Å². The lowest BCUT2D eigenvalue weighted by molar-refractivity contribution is -0.384. The molecule has 0 saturated carbocycles. The fourth-order valence-electron chi connectivity index (χ4n) is 1.48. The molecule has 6 nitrogen and oxygen atoms in total. The highest BCUT2D eigenvalue weighted by Crippen LogP contribution is 2.31. The first-order valence-electron chi connectivity index (χ1n) is 4.85. The van der Waals surface area contributed by atoms with Gasteiger partial charge in [-0.05, 0) is 18.2 Å². The van der Waals surface area contributed by atoms with Gasteiger partial charge in [-0.2, -0.15) is 0 Å². The minimum absolute atomic E-state index is 0.0736. The summed E-state index contributed by atoms with van der Waals surface area (Å²) in [5.41, 5.74) is 0.256. The molecule has 1 aromatic carbocycles. The number of hydrogen-bond donors (Lipinski definition) is 1. The van der Waals surface area contributed by atoms with Crippen LogP contribution in [0.5, 0.6) is 0 Å². The van der Waals surface area contributed by atoms with Gasteiger partial charge in [-0.15, -0.1) is 0 Å². The molecule has 2 aromatic rings. The Balaban J connectivity index is 2.50. The first-order chi connectivity index (χ1) is 8.63. The summed E-state index contributed by atoms with van der Waals surface area (Å²) in [6.45, 7) is 0. The van der Waals surface area contributed by atoms with Gasteiger partial charge in [0.2, 0.25) is 5.17 Å². The largest absolute Gasteiger partial charge is 0.453 e. The van der Waals surface area contributed by atoms with E-state index in [0.29, 0.717) is 5.56 Å². The third-order valence-electron chi connectivity index (χ3n) is 2.26. The fraction of sp³-hybridized carbons (Fsp3) is 0. The van der Waals surface area contributed by atoms with E-state index in [2.05, 4.69) is 5.16 Å². The second-order valence-electron chi connectivity index (χ2n) is 3.33. The molecule has 7 heteroatoms. The number of nitro benzene ring substituents is 1. The van der Waals surface area contributed by atoms with Crippen LogP contribution in [0.1, 0.15) is 5.76 Å². The molecule has 2 rings (SSSR count). The van der Waals surface area contributed by atoms with Crippen molar-refractivity contribution in [2.75, 3.05) is 0 Å². The Hall–Kier alpha value is -2.34. The van der Waals surface area contributed by atoms with E-state index in [4.69, 9.17) is 21.2 Å². The van der Waals surface area contributed by atoms with Crippen LogP contribution in [0.25, 0.3) is 11.3 Å². The lowest BCUT2D eigenvalue weighted by Crippen LogP contribution is -1.90. The van der Waals surface area contributed by atoms with Crippen LogP contribution in [0.4, 0.5) is 5.69 Å². The number of nitro groups is 1. The molecule has 1 aromatic heterocycles. The number of halogens is 1. The first-order valence-corrected chi connectivity index (χ1v) is 5.23. The van der Waals surface area contributed by atoms with Crippen LogP contribution >= 0.6 is 11.6 Å². The van der Waals surface area contributed by atoms with E-state index in [-0.39, 0.29) is 22.4 Å². The molecule has 92 valence electrons. The van der Waals surface area contributed by atoms with Crippen molar-refractivity contribution in [1.29, 1.82) is 0 Å². The van der Waals surface area contributed by atoms with Gasteiger partial charge in [0.1, 0.15) is 5.76 Å². The predicted molar refractivity (Wildman–Crippen MR) is 65.0 cm³/mol. The summed E-state index contributed by atoms with van der Waals surface area (Å²) < 4.78 is 5.29. The minimum Gasteiger partial charge on any atom is -0.453 e. The van der Waals surface area contributed by atoms with E-state index in [0.717, 1.165) is 0 Å². The summed E-state index contributed by atoms with van der Waals surface area (Å²) in [5.74, 6) is 0.409. The number of hydrogen-bond acceptors (Lipinski definition) is 5. The summed E-state index contributed by atoms with van der Waals surface area (Å²) in [7, 11) is 0. The van der Waals surface area contributed by atoms with Gasteiger partial charge in [0.25, 0.3) is 5.69 Å². The third-order valence-corrected chi connectivity index (χ3v) is 2.53. The Labute approximate surface area is 106 Å². The Morgan fingerprint density at radius 3 is 2.72 bits per heavy atom. The number of oxime groups is 1. The third kappa shape index (κ3) is 2.18. The smallest absolute Gasteiger partial charge is 0.280 e. The van der Waals surface area contributed by atoms with E-state index in [9.17, 15) is 10.1 Å². The van der Waals surface area contributed by atoms with E-state index < -0.39 is 4.92 Å². The molecular weight excluding hydrogens is 260 g/mol. The lowest BCUT2D eigenvalue weighted by Gasteiger charge is -1.98. The Kier molecular flexibility index (Phi) is 3.29. The maximum absolute atomic E-state index is 10.9. The van der Waals surface area contributed by atoms with Gasteiger partial charge in [-0.25, -0.2) is 0 Å². The molecule has 1 heterocycles. The van der Waals surface area contributed by atoms with Gasteiger partial charge in [-0.3, -0.25) is 10.1 Å². The predicted octanol–water partition coefficient (Wildman–Crippen LogP) is 3.23. The van der Waals surface area contributed by atoms with Crippen molar-refractivity contribution < 1.29 is 14.5 Å². The molecule has 0 atom stereocenters. The number of benzene rings is 1. The molecule has 0 spiro atoms. The van der Waals surface area contributed by atoms with Crippen molar-refractivity contribution in [3.63, 3.8) is 0 Å². The van der Waals surface area contributed by atoms with Crippen LogP contribution in [0.15, 0.2) is 46.0 Å². The second-order valence-corrected chi connectivity index (χ2v) is 3.69. The summed E-state index contributed by atoms with van der Waals surface area (Å²) in [6, 6.07) is 9.14. The maximum Gasteiger partial charge on any atom is 0.280 e. The van der Waals surface area contributed by atoms with Crippen molar-refractivity contribution in [2.45, 2.75) is 0 Å². The lowest BCUT2D eigenvalue weighted by atomic mass is 10.1. The molecule has 18 heavy (non-hydrogen) atoms. The van der Waals surface area contributed by atoms with E-state index >= 15 is 0 Å². The van der Waals surface area contributed by atoms with Crippen molar-refractivity contribution in [3.05, 3.63) is 52.3 Å². The number of rotatable bonds is 3. The average Bonchev–Trinajstić information content (AvgIpc) is 2.87. The highest BCUT2D eigenvalue weighted by atomic mass is 35.5. The molecule has 0 radical (unpaired) electrons. The van der Waals surface area contributed by atoms with Crippen molar-refractivity contribution in [2.24, 2.45) is 5.16 Å². The van der Waals surface area contributed by atoms with Crippen LogP contribution in [0, 0.1) is 10.1 Å². The standard InChI is InChI=1S/C11H7ClN2O4/c12-11(13-15)10-6-5-9(18-10)7-3-1-2-4-8(7)14(16)17/h1-6,15H. The molecule has 0 bridgehead atoms. The SMILES string of the molecule is O=[N+]([O-])c1ccccc1-c1ccc(C(Cl)=NO)o1. The maximum atomic E-state index is 10.9. The summed E-state index contributed by atoms with van der Waals surface area (Å²) in [5, 5.41) is 21.9. The second kappa shape index (κ2) is 4.89. The fourth-order valence-corrected chi connectivity index (χ4v) is 1.59. The van der Waals surface area contributed by atoms with Crippen molar-refractivity contribution in [1.82, 2.24) is 0 Å². The van der Waals surface area contributed by atoms with Crippen LogP contribution in [-0.4, -0.2) is 15.3 Å². The first kappa shape index (κ1) is 12.1. The van der Waals surface area contributed by atoms with Gasteiger partial charge in [0, 0.05) is 6.07 Å². The molecular formula is C11H7ClN2O4. The van der Waals surface area contributed by atoms with Gasteiger partial charge in [0.15, 0.2) is 5.76 Å². The van der Waals surface area contributed by atoms with Crippen LogP contribution in [0.2, 0.25) is 0 Å². The van der Waals surface area contributed by atoms with Crippen LogP contribution in [-0.2, 0) is 0 Å². The Morgan fingerprint density at radius 2 is 2.06 bits per heavy atom. The normalized spacial score (nSPS) is 11.5. The molecule has 0 fully saturated rings. The van der Waals surface area contributed by atoms with Gasteiger partial charge < -0.3 is 9.62 Å². The zero-order valence-corrected chi connectivity index (χ0v) is 9.66. The van der Waals surface area contributed by atoms with Crippen LogP contribution < -0.4 is 0 Å². The molecule has 1 N–H and O–H groups in total. The number of para-hydroxylation sites is 1. The van der Waals surface area contributed by atoms with Gasteiger partial charge in [0.05, 0.1) is 10.5 Å². The molecule has 0 aliphatic carbocycles. The van der Waals surface area contributed by atoms with Crippen LogP contribution in [0.3, 0.4) is 0 Å². The zero-order chi connectivity index (χ0) is 13.1. The van der Waals surface area contributed by atoms with E-state index in [1.165, 1.54) is 18.2 Å². The summed E-state index contributed by atoms with van der Waals surface area (Å²) >= 11 is 5.57. The summed E-state index contributed by atoms with van der Waals surface area (Å²) in [4.78, 5) is 10.4. The molecule has 0 unspecified atom stereocenters. The average molecular weight is 267 g/mol. The topological polar surface area (TPSA) is 88.9 Å². The van der Waals surface area contributed by atoms with Gasteiger partial charge >= 0.3 is 0 Å². The van der Waals surface area contributed by atoms with E-state index in [1.54, 1.807) is 18.2 Å². The molecule has 0 aliphatic rings. The highest BCUT2D eigenvalue weighted by Gasteiger charge is 2.18. The van der Waals surface area contributed by atoms with E-state index in [1.807, 2.05) is 0 Å². The number of furan rings is 1. The van der Waals surface area contributed by atoms with Crippen molar-refractivity contribution >= 4 is 22.5 Å². The molecule has 0 aliphatic heterocycles. The monoisotopic (exact) mass is 266 g/mol. The summed E-state index contributed by atoms with van der Waals surface area (Å²) in [6.07, 6.45) is 0. The Morgan fingerprint density at radius 1 is 1.33 bits per heavy atom. The Bertz CT molecular complexity index is 621. The highest BCUT2D eigenvalue weighted by molar-refractivity contribution is 6.69. The van der Waals surface area contributed by atoms with Crippen molar-refractivity contribution in [3.8, 4) is 11.3 Å². The quantitative estimate of drug-likeness (QED) is 0.400. The number of nitrogens with zero attached hydrogens (tertiary/aromatic N) is 2. The minimum atomic E-state index is -0.501.